The van der Waals surface area contributed by atoms with Crippen molar-refractivity contribution in [2.24, 2.45) is 0 Å². The lowest BCUT2D eigenvalue weighted by atomic mass is 10.1. The molecule has 0 aliphatic heterocycles. The molecule has 1 amide bonds. The molecular weight excluding hydrogens is 434 g/mol. The SMILES string of the molecule is COC(=O)c1ccc(CNC(=O)c2cc3occc3n2Cc2coc(-c3ccccc3)n2)cc1. The number of carbonyl (C=O) groups excluding carboxylic acids is 2. The van der Waals surface area contributed by atoms with Crippen molar-refractivity contribution in [3.63, 3.8) is 0 Å². The summed E-state index contributed by atoms with van der Waals surface area (Å²) in [5.41, 5.74) is 4.72. The van der Waals surface area contributed by atoms with Gasteiger partial charge in [0.1, 0.15) is 12.0 Å². The van der Waals surface area contributed by atoms with Gasteiger partial charge in [0.05, 0.1) is 36.7 Å². The monoisotopic (exact) mass is 455 g/mol. The molecule has 5 aromatic rings. The molecule has 0 fully saturated rings. The Morgan fingerprint density at radius 1 is 1.03 bits per heavy atom. The summed E-state index contributed by atoms with van der Waals surface area (Å²) in [5.74, 6) is -0.137. The second-order valence-electron chi connectivity index (χ2n) is 7.67. The molecule has 0 saturated heterocycles. The number of benzene rings is 2. The van der Waals surface area contributed by atoms with E-state index < -0.39 is 5.97 Å². The van der Waals surface area contributed by atoms with Crippen molar-refractivity contribution in [1.29, 1.82) is 0 Å². The topological polar surface area (TPSA) is 99.5 Å². The standard InChI is InChI=1S/C26H21N3O5/c1-32-26(31)19-9-7-17(8-10-19)14-27-24(30)22-13-23-21(11-12-33-23)29(22)15-20-16-34-25(28-20)18-5-3-2-4-6-18/h2-13,16H,14-15H2,1H3,(H,27,30). The van der Waals surface area contributed by atoms with Gasteiger partial charge in [0, 0.05) is 24.2 Å². The Labute approximate surface area is 194 Å². The predicted octanol–water partition coefficient (Wildman–Crippen LogP) is 4.65. The number of rotatable bonds is 7. The first-order chi connectivity index (χ1) is 16.6. The molecule has 170 valence electrons. The zero-order valence-corrected chi connectivity index (χ0v) is 18.4. The summed E-state index contributed by atoms with van der Waals surface area (Å²) in [6.45, 7) is 0.644. The number of hydrogen-bond acceptors (Lipinski definition) is 6. The van der Waals surface area contributed by atoms with E-state index in [4.69, 9.17) is 13.6 Å². The number of furan rings is 1. The molecule has 0 saturated carbocycles. The largest absolute Gasteiger partial charge is 0.465 e. The third-order valence-corrected chi connectivity index (χ3v) is 5.48. The fourth-order valence-corrected chi connectivity index (χ4v) is 3.74. The summed E-state index contributed by atoms with van der Waals surface area (Å²) in [5, 5.41) is 2.92. The van der Waals surface area contributed by atoms with E-state index in [1.165, 1.54) is 7.11 Å². The van der Waals surface area contributed by atoms with E-state index in [0.29, 0.717) is 41.5 Å². The van der Waals surface area contributed by atoms with Crippen molar-refractivity contribution < 1.29 is 23.2 Å². The van der Waals surface area contributed by atoms with Gasteiger partial charge in [-0.15, -0.1) is 0 Å². The molecule has 1 N–H and O–H groups in total. The van der Waals surface area contributed by atoms with E-state index in [0.717, 1.165) is 16.6 Å². The number of nitrogens with zero attached hydrogens (tertiary/aromatic N) is 2. The van der Waals surface area contributed by atoms with Crippen LogP contribution in [0.25, 0.3) is 22.6 Å². The zero-order valence-electron chi connectivity index (χ0n) is 18.4. The summed E-state index contributed by atoms with van der Waals surface area (Å²) in [6.07, 6.45) is 3.18. The minimum atomic E-state index is -0.403. The maximum Gasteiger partial charge on any atom is 0.337 e. The quantitative estimate of drug-likeness (QED) is 0.359. The fraction of sp³-hybridized carbons (Fsp3) is 0.115. The van der Waals surface area contributed by atoms with E-state index in [9.17, 15) is 9.59 Å². The van der Waals surface area contributed by atoms with Crippen LogP contribution >= 0.6 is 0 Å². The van der Waals surface area contributed by atoms with Gasteiger partial charge in [-0.3, -0.25) is 4.79 Å². The van der Waals surface area contributed by atoms with E-state index >= 15 is 0 Å². The van der Waals surface area contributed by atoms with Crippen molar-refractivity contribution >= 4 is 23.0 Å². The molecule has 0 spiro atoms. The van der Waals surface area contributed by atoms with Crippen LogP contribution in [0.4, 0.5) is 0 Å². The van der Waals surface area contributed by atoms with E-state index in [2.05, 4.69) is 10.3 Å². The molecule has 2 aromatic carbocycles. The number of ether oxygens (including phenoxy) is 1. The van der Waals surface area contributed by atoms with E-state index in [1.54, 1.807) is 42.9 Å². The van der Waals surface area contributed by atoms with Gasteiger partial charge in [-0.2, -0.15) is 0 Å². The average Bonchev–Trinajstić information content (AvgIpc) is 3.61. The lowest BCUT2D eigenvalue weighted by Gasteiger charge is -2.10. The summed E-state index contributed by atoms with van der Waals surface area (Å²) in [7, 11) is 1.34. The van der Waals surface area contributed by atoms with Gasteiger partial charge in [-0.05, 0) is 29.8 Å². The van der Waals surface area contributed by atoms with Crippen LogP contribution in [0.3, 0.4) is 0 Å². The number of hydrogen-bond donors (Lipinski definition) is 1. The first kappa shape index (κ1) is 21.3. The Hall–Kier alpha value is -4.59. The molecule has 0 aliphatic carbocycles. The number of nitrogens with one attached hydrogen (secondary N) is 1. The van der Waals surface area contributed by atoms with Gasteiger partial charge in [-0.1, -0.05) is 30.3 Å². The first-order valence-corrected chi connectivity index (χ1v) is 10.6. The molecule has 8 nitrogen and oxygen atoms in total. The Morgan fingerprint density at radius 2 is 1.82 bits per heavy atom. The number of esters is 1. The highest BCUT2D eigenvalue weighted by Gasteiger charge is 2.19. The van der Waals surface area contributed by atoms with Crippen LogP contribution in [0.15, 0.2) is 88.1 Å². The van der Waals surface area contributed by atoms with Gasteiger partial charge < -0.3 is 23.5 Å². The Balaban J connectivity index is 1.34. The zero-order chi connectivity index (χ0) is 23.5. The van der Waals surface area contributed by atoms with Gasteiger partial charge in [0.25, 0.3) is 5.91 Å². The van der Waals surface area contributed by atoms with Crippen molar-refractivity contribution in [2.45, 2.75) is 13.1 Å². The van der Waals surface area contributed by atoms with Gasteiger partial charge in [0.15, 0.2) is 5.58 Å². The molecule has 0 bridgehead atoms. The molecule has 0 unspecified atom stereocenters. The van der Waals surface area contributed by atoms with Crippen molar-refractivity contribution in [2.75, 3.05) is 7.11 Å². The number of aromatic nitrogens is 2. The van der Waals surface area contributed by atoms with E-state index in [-0.39, 0.29) is 5.91 Å². The van der Waals surface area contributed by atoms with Crippen LogP contribution in [0.5, 0.6) is 0 Å². The molecule has 5 rings (SSSR count). The van der Waals surface area contributed by atoms with Crippen LogP contribution < -0.4 is 5.32 Å². The number of amides is 1. The second-order valence-corrected chi connectivity index (χ2v) is 7.67. The molecule has 0 atom stereocenters. The van der Waals surface area contributed by atoms with Gasteiger partial charge >= 0.3 is 5.97 Å². The summed E-state index contributed by atoms with van der Waals surface area (Å²) >= 11 is 0. The van der Waals surface area contributed by atoms with Crippen molar-refractivity contribution in [3.8, 4) is 11.5 Å². The molecule has 3 heterocycles. The predicted molar refractivity (Wildman–Crippen MR) is 124 cm³/mol. The normalized spacial score (nSPS) is 11.0. The van der Waals surface area contributed by atoms with Crippen LogP contribution in [-0.4, -0.2) is 28.5 Å². The van der Waals surface area contributed by atoms with Crippen LogP contribution in [-0.2, 0) is 17.8 Å². The fourth-order valence-electron chi connectivity index (χ4n) is 3.74. The molecule has 0 aliphatic rings. The molecule has 3 aromatic heterocycles. The second kappa shape index (κ2) is 9.11. The lowest BCUT2D eigenvalue weighted by Crippen LogP contribution is -2.25. The average molecular weight is 455 g/mol. The number of oxazole rings is 1. The summed E-state index contributed by atoms with van der Waals surface area (Å²) in [6, 6.07) is 20.0. The smallest absolute Gasteiger partial charge is 0.337 e. The molecular formula is C26H21N3O5. The third-order valence-electron chi connectivity index (χ3n) is 5.48. The summed E-state index contributed by atoms with van der Waals surface area (Å²) < 4.78 is 17.7. The highest BCUT2D eigenvalue weighted by Crippen LogP contribution is 2.24. The third kappa shape index (κ3) is 4.21. The highest BCUT2D eigenvalue weighted by atomic mass is 16.5. The van der Waals surface area contributed by atoms with Gasteiger partial charge in [-0.25, -0.2) is 9.78 Å². The van der Waals surface area contributed by atoms with Crippen LogP contribution in [0.2, 0.25) is 0 Å². The van der Waals surface area contributed by atoms with E-state index in [1.807, 2.05) is 41.0 Å². The van der Waals surface area contributed by atoms with Crippen molar-refractivity contribution in [3.05, 3.63) is 102 Å². The van der Waals surface area contributed by atoms with Crippen molar-refractivity contribution in [1.82, 2.24) is 14.9 Å². The van der Waals surface area contributed by atoms with Gasteiger partial charge in [0.2, 0.25) is 5.89 Å². The first-order valence-electron chi connectivity index (χ1n) is 10.6. The molecule has 8 heteroatoms. The number of carbonyl (C=O) groups is 2. The van der Waals surface area contributed by atoms with Crippen LogP contribution in [0.1, 0.15) is 32.1 Å². The highest BCUT2D eigenvalue weighted by molar-refractivity contribution is 5.97. The number of fused-ring (bicyclic) bond motifs is 1. The number of methoxy groups -OCH3 is 1. The summed E-state index contributed by atoms with van der Waals surface area (Å²) in [4.78, 5) is 29.2. The lowest BCUT2D eigenvalue weighted by molar-refractivity contribution is 0.0600. The van der Waals surface area contributed by atoms with Crippen LogP contribution in [0, 0.1) is 0 Å². The minimum Gasteiger partial charge on any atom is -0.465 e. The Kier molecular flexibility index (Phi) is 5.70. The Morgan fingerprint density at radius 3 is 2.59 bits per heavy atom. The maximum absolute atomic E-state index is 13.1. The molecule has 0 radical (unpaired) electrons. The molecule has 34 heavy (non-hydrogen) atoms. The maximum atomic E-state index is 13.1. The minimum absolute atomic E-state index is 0.254. The Bertz CT molecular complexity index is 1440.